The lowest BCUT2D eigenvalue weighted by Gasteiger charge is -2.13. The summed E-state index contributed by atoms with van der Waals surface area (Å²) in [7, 11) is 0. The number of carbonyl (C=O) groups excluding carboxylic acids is 1. The molecule has 1 unspecified atom stereocenters. The van der Waals surface area contributed by atoms with Crippen LogP contribution in [0.3, 0.4) is 0 Å². The maximum atomic E-state index is 13.0. The van der Waals surface area contributed by atoms with Gasteiger partial charge < -0.3 is 9.47 Å². The van der Waals surface area contributed by atoms with Crippen molar-refractivity contribution >= 4 is 11.8 Å². The lowest BCUT2D eigenvalue weighted by Crippen LogP contribution is -2.17. The number of rotatable bonds is 6. The Labute approximate surface area is 196 Å². The molecule has 12 heteroatoms. The number of aromatic nitrogens is 4. The van der Waals surface area contributed by atoms with E-state index in [4.69, 9.17) is 4.74 Å². The molecule has 0 saturated heterocycles. The Morgan fingerprint density at radius 1 is 1.00 bits per heavy atom. The smallest absolute Gasteiger partial charge is 0.440 e. The number of hydrogen-bond acceptors (Lipinski definition) is 6. The van der Waals surface area contributed by atoms with Crippen molar-refractivity contribution in [2.24, 2.45) is 0 Å². The molecule has 0 aliphatic rings. The molecule has 1 atom stereocenters. The summed E-state index contributed by atoms with van der Waals surface area (Å²) < 4.78 is 60.4. The number of hydrogen-bond donors (Lipinski definition) is 1. The highest BCUT2D eigenvalue weighted by Crippen LogP contribution is 2.24. The number of ether oxygens (including phenoxy) is 2. The monoisotopic (exact) mass is 487 g/mol. The van der Waals surface area contributed by atoms with Gasteiger partial charge in [-0.15, -0.1) is 18.3 Å². The van der Waals surface area contributed by atoms with Crippen molar-refractivity contribution in [2.75, 3.05) is 5.32 Å². The summed E-state index contributed by atoms with van der Waals surface area (Å²) in [5.41, 5.74) is 1.99. The molecule has 4 rings (SSSR count). The minimum absolute atomic E-state index is 0.341. The second-order valence-electron chi connectivity index (χ2n) is 7.21. The predicted molar refractivity (Wildman–Crippen MR) is 116 cm³/mol. The summed E-state index contributed by atoms with van der Waals surface area (Å²) in [4.78, 5) is 20.2. The topological polar surface area (TPSA) is 91.2 Å². The van der Waals surface area contributed by atoms with Gasteiger partial charge in [0.05, 0.1) is 17.6 Å². The zero-order valence-corrected chi connectivity index (χ0v) is 18.0. The van der Waals surface area contributed by atoms with Crippen LogP contribution in [-0.4, -0.2) is 32.2 Å². The summed E-state index contributed by atoms with van der Waals surface area (Å²) in [5.74, 6) is -0.462. The van der Waals surface area contributed by atoms with Crippen molar-refractivity contribution < 1.29 is 31.8 Å². The fourth-order valence-corrected chi connectivity index (χ4v) is 3.02. The van der Waals surface area contributed by atoms with Crippen LogP contribution in [0.2, 0.25) is 0 Å². The highest BCUT2D eigenvalue weighted by molar-refractivity contribution is 5.85. The standard InChI is InChI=1S/C23H17F4N5O3/c1-14(20-11-4-16(24)12-28-20)34-22(33)30-17-5-2-15(3-6-17)21-29-13-32(31-21)18-7-9-19(10-8-18)35-23(25,26)27/h2-14H,1H3,(H,30,33). The molecule has 1 N–H and O–H groups in total. The van der Waals surface area contributed by atoms with Crippen LogP contribution < -0.4 is 10.1 Å². The number of alkyl halides is 3. The number of carbonyl (C=O) groups is 1. The van der Waals surface area contributed by atoms with Crippen LogP contribution in [0.1, 0.15) is 18.7 Å². The molecule has 4 aromatic rings. The Bertz CT molecular complexity index is 1290. The average Bonchev–Trinajstić information content (AvgIpc) is 3.29. The van der Waals surface area contributed by atoms with Crippen molar-refractivity contribution in [1.29, 1.82) is 0 Å². The zero-order valence-electron chi connectivity index (χ0n) is 18.0. The normalized spacial score (nSPS) is 12.1. The molecule has 0 bridgehead atoms. The number of halogens is 4. The van der Waals surface area contributed by atoms with Crippen molar-refractivity contribution in [1.82, 2.24) is 19.7 Å². The van der Waals surface area contributed by atoms with Crippen molar-refractivity contribution in [3.63, 3.8) is 0 Å². The largest absolute Gasteiger partial charge is 0.573 e. The van der Waals surface area contributed by atoms with Gasteiger partial charge in [0.1, 0.15) is 24.0 Å². The van der Waals surface area contributed by atoms with Crippen molar-refractivity contribution in [3.8, 4) is 22.8 Å². The molecule has 0 saturated carbocycles. The first-order valence-corrected chi connectivity index (χ1v) is 10.1. The highest BCUT2D eigenvalue weighted by atomic mass is 19.4. The molecule has 0 aliphatic heterocycles. The summed E-state index contributed by atoms with van der Waals surface area (Å²) in [6, 6.07) is 14.5. The van der Waals surface area contributed by atoms with Crippen LogP contribution in [0.5, 0.6) is 5.75 Å². The number of nitrogens with one attached hydrogen (secondary N) is 1. The van der Waals surface area contributed by atoms with Crippen LogP contribution in [0.15, 0.2) is 73.2 Å². The van der Waals surface area contributed by atoms with E-state index in [0.717, 1.165) is 6.20 Å². The first-order chi connectivity index (χ1) is 16.7. The molecular weight excluding hydrogens is 470 g/mol. The lowest BCUT2D eigenvalue weighted by atomic mass is 10.2. The van der Waals surface area contributed by atoms with E-state index in [-0.39, 0.29) is 5.75 Å². The fraction of sp³-hybridized carbons (Fsp3) is 0.130. The molecule has 1 amide bonds. The van der Waals surface area contributed by atoms with Crippen molar-refractivity contribution in [2.45, 2.75) is 19.4 Å². The quantitative estimate of drug-likeness (QED) is 0.352. The number of nitrogens with zero attached hydrogens (tertiary/aromatic N) is 4. The van der Waals surface area contributed by atoms with E-state index in [2.05, 4.69) is 25.1 Å². The van der Waals surface area contributed by atoms with Gasteiger partial charge in [0.25, 0.3) is 0 Å². The SMILES string of the molecule is CC(OC(=O)Nc1ccc(-c2ncn(-c3ccc(OC(F)(F)F)cc3)n2)cc1)c1ccc(F)cn1. The molecule has 2 aromatic heterocycles. The van der Waals surface area contributed by atoms with Gasteiger partial charge in [0.15, 0.2) is 5.82 Å². The van der Waals surface area contributed by atoms with E-state index < -0.39 is 24.4 Å². The molecule has 180 valence electrons. The predicted octanol–water partition coefficient (Wildman–Crippen LogP) is 5.68. The van der Waals surface area contributed by atoms with Gasteiger partial charge in [-0.05, 0) is 67.6 Å². The van der Waals surface area contributed by atoms with Crippen molar-refractivity contribution in [3.05, 3.63) is 84.7 Å². The Morgan fingerprint density at radius 2 is 1.71 bits per heavy atom. The van der Waals surface area contributed by atoms with Crippen LogP contribution in [0.4, 0.5) is 28.0 Å². The van der Waals surface area contributed by atoms with Gasteiger partial charge in [-0.2, -0.15) is 0 Å². The van der Waals surface area contributed by atoms with E-state index >= 15 is 0 Å². The summed E-state index contributed by atoms with van der Waals surface area (Å²) in [6.45, 7) is 1.61. The van der Waals surface area contributed by atoms with E-state index in [1.807, 2.05) is 0 Å². The first-order valence-electron chi connectivity index (χ1n) is 10.1. The molecule has 2 aromatic carbocycles. The number of anilines is 1. The summed E-state index contributed by atoms with van der Waals surface area (Å²) >= 11 is 0. The molecule has 0 aliphatic carbocycles. The second kappa shape index (κ2) is 9.79. The third-order valence-corrected chi connectivity index (χ3v) is 4.67. The van der Waals surface area contributed by atoms with Crippen LogP contribution in [0, 0.1) is 5.82 Å². The first kappa shape index (κ1) is 23.7. The highest BCUT2D eigenvalue weighted by Gasteiger charge is 2.31. The Kier molecular flexibility index (Phi) is 6.62. The fourth-order valence-electron chi connectivity index (χ4n) is 3.02. The Morgan fingerprint density at radius 3 is 2.34 bits per heavy atom. The van der Waals surface area contributed by atoms with Gasteiger partial charge >= 0.3 is 12.5 Å². The van der Waals surface area contributed by atoms with Gasteiger partial charge in [0, 0.05) is 11.3 Å². The number of benzene rings is 2. The number of pyridine rings is 1. The average molecular weight is 487 g/mol. The molecule has 35 heavy (non-hydrogen) atoms. The number of amides is 1. The van der Waals surface area contributed by atoms with Gasteiger partial charge in [-0.25, -0.2) is 18.9 Å². The minimum Gasteiger partial charge on any atom is -0.440 e. The molecule has 2 heterocycles. The second-order valence-corrected chi connectivity index (χ2v) is 7.21. The van der Waals surface area contributed by atoms with E-state index in [1.54, 1.807) is 31.2 Å². The zero-order chi connectivity index (χ0) is 25.0. The van der Waals surface area contributed by atoms with Crippen LogP contribution in [-0.2, 0) is 4.74 Å². The Hall–Kier alpha value is -4.48. The van der Waals surface area contributed by atoms with Gasteiger partial charge in [-0.1, -0.05) is 0 Å². The molecule has 8 nitrogen and oxygen atoms in total. The van der Waals surface area contributed by atoms with Crippen LogP contribution in [0.25, 0.3) is 17.1 Å². The molecule has 0 radical (unpaired) electrons. The molecule has 0 fully saturated rings. The van der Waals surface area contributed by atoms with E-state index in [9.17, 15) is 22.4 Å². The minimum atomic E-state index is -4.77. The maximum Gasteiger partial charge on any atom is 0.573 e. The Balaban J connectivity index is 1.37. The molecular formula is C23H17F4N5O3. The van der Waals surface area contributed by atoms with Gasteiger partial charge in [0.2, 0.25) is 0 Å². The third-order valence-electron chi connectivity index (χ3n) is 4.67. The summed E-state index contributed by atoms with van der Waals surface area (Å²) in [5, 5.41) is 6.91. The van der Waals surface area contributed by atoms with E-state index in [0.29, 0.717) is 28.5 Å². The third kappa shape index (κ3) is 6.31. The summed E-state index contributed by atoms with van der Waals surface area (Å²) in [6.07, 6.45) is -3.70. The maximum absolute atomic E-state index is 13.0. The van der Waals surface area contributed by atoms with Crippen LogP contribution >= 0.6 is 0 Å². The molecule has 0 spiro atoms. The van der Waals surface area contributed by atoms with Gasteiger partial charge in [-0.3, -0.25) is 10.3 Å². The lowest BCUT2D eigenvalue weighted by molar-refractivity contribution is -0.274. The van der Waals surface area contributed by atoms with E-state index in [1.165, 1.54) is 47.4 Å².